The number of aliphatic hydroxyl groups is 2. The lowest BCUT2D eigenvalue weighted by atomic mass is 9.71. The van der Waals surface area contributed by atoms with Crippen molar-refractivity contribution in [3.63, 3.8) is 0 Å². The first-order valence-corrected chi connectivity index (χ1v) is 20.9. The van der Waals surface area contributed by atoms with Gasteiger partial charge in [0.25, 0.3) is 0 Å². The predicted octanol–water partition coefficient (Wildman–Crippen LogP) is 3.53. The number of nitroso groups, excluding NO2 is 1. The van der Waals surface area contributed by atoms with Crippen molar-refractivity contribution in [3.05, 3.63) is 46.6 Å². The fourth-order valence-corrected chi connectivity index (χ4v) is 7.70. The monoisotopic (exact) mass is 893 g/mol. The molecule has 3 aliphatic rings. The van der Waals surface area contributed by atoms with Crippen LogP contribution in [0.15, 0.2) is 41.3 Å². The molecule has 21 nitrogen and oxygen atoms in total. The number of hydrogen-bond acceptors (Lipinski definition) is 17. The van der Waals surface area contributed by atoms with Gasteiger partial charge in [-0.05, 0) is 111 Å². The van der Waals surface area contributed by atoms with Crippen LogP contribution < -0.4 is 27.4 Å². The minimum Gasteiger partial charge on any atom is -0.491 e. The van der Waals surface area contributed by atoms with Crippen molar-refractivity contribution in [1.82, 2.24) is 20.9 Å². The summed E-state index contributed by atoms with van der Waals surface area (Å²) < 4.78 is 40.9. The Balaban J connectivity index is 1.64. The van der Waals surface area contributed by atoms with Crippen LogP contribution in [0.3, 0.4) is 0 Å². The fraction of sp³-hybridized carbons (Fsp3) is 0.714. The van der Waals surface area contributed by atoms with Crippen molar-refractivity contribution < 1.29 is 62.5 Å². The minimum absolute atomic E-state index is 0.0244. The highest BCUT2D eigenvalue weighted by molar-refractivity contribution is 5.70. The molecule has 11 atom stereocenters. The highest BCUT2D eigenvalue weighted by Gasteiger charge is 2.55. The highest BCUT2D eigenvalue weighted by atomic mass is 16.7. The van der Waals surface area contributed by atoms with Crippen molar-refractivity contribution in [3.8, 4) is 0 Å². The number of aliphatic hydroxyl groups excluding tert-OH is 1. The summed E-state index contributed by atoms with van der Waals surface area (Å²) in [5.41, 5.74) is 10.4. The Morgan fingerprint density at radius 3 is 2.03 bits per heavy atom. The van der Waals surface area contributed by atoms with Crippen molar-refractivity contribution >= 4 is 30.1 Å². The van der Waals surface area contributed by atoms with Crippen LogP contribution in [0.4, 0.5) is 24.9 Å². The third kappa shape index (κ3) is 14.6. The van der Waals surface area contributed by atoms with Gasteiger partial charge in [0.1, 0.15) is 52.7 Å². The lowest BCUT2D eigenvalue weighted by Gasteiger charge is -2.52. The maximum atomic E-state index is 13.4. The quantitative estimate of drug-likeness (QED) is 0.123. The number of alkyl carbamates (subject to hydrolysis) is 3. The van der Waals surface area contributed by atoms with Crippen LogP contribution in [-0.2, 0) is 39.8 Å². The number of nitrogens with one attached hydrogen (secondary N) is 3. The number of rotatable bonds is 11. The Kier molecular flexibility index (Phi) is 16.4. The first kappa shape index (κ1) is 50.8. The molecule has 1 aromatic carbocycles. The van der Waals surface area contributed by atoms with Crippen LogP contribution in [-0.4, -0.2) is 137 Å². The smallest absolute Gasteiger partial charge is 0.410 e. The molecule has 63 heavy (non-hydrogen) atoms. The summed E-state index contributed by atoms with van der Waals surface area (Å²) >= 11 is 0. The predicted molar refractivity (Wildman–Crippen MR) is 227 cm³/mol. The molecule has 1 saturated carbocycles. The first-order chi connectivity index (χ1) is 29.1. The zero-order valence-corrected chi connectivity index (χ0v) is 38.0. The lowest BCUT2D eigenvalue weighted by Crippen LogP contribution is -2.71. The van der Waals surface area contributed by atoms with E-state index in [1.807, 2.05) is 0 Å². The van der Waals surface area contributed by atoms with E-state index in [1.165, 1.54) is 26.1 Å². The molecule has 1 saturated heterocycles. The van der Waals surface area contributed by atoms with E-state index < -0.39 is 108 Å². The zero-order valence-electron chi connectivity index (χ0n) is 38.0. The standard InChI is InChI=1S/C42H67N7O14/c1-39(2,3)61-36(52)46-26-17-16-24(19-45-35(51)57-20-22-12-14-23(48-56)15-13-22)59-32(26)28-27(47-37(53)62-40(4,5)6)18-25(43)31(29(28)44)60-34-30(50)33(42(10,55)21-58-34)49(11)38(54)63-41(7,8)9/h12-16,25-34,50,55H,17-21,43-44H2,1-11H3,(H,45,51)(H,46,52)(H,47,53)/t25-,26-,27+,28?,29+,30-,31+,32+,33-,34-,42+/m1/s1. The van der Waals surface area contributed by atoms with Crippen LogP contribution in [0, 0.1) is 10.8 Å². The maximum absolute atomic E-state index is 13.4. The van der Waals surface area contributed by atoms with Crippen LogP contribution in [0.5, 0.6) is 0 Å². The maximum Gasteiger partial charge on any atom is 0.410 e. The molecule has 21 heteroatoms. The van der Waals surface area contributed by atoms with Gasteiger partial charge in [-0.25, -0.2) is 19.2 Å². The molecule has 1 aliphatic carbocycles. The highest BCUT2D eigenvalue weighted by Crippen LogP contribution is 2.37. The molecule has 1 aromatic rings. The molecule has 2 fully saturated rings. The summed E-state index contributed by atoms with van der Waals surface area (Å²) in [6.45, 7) is 16.1. The van der Waals surface area contributed by atoms with Gasteiger partial charge in [0, 0.05) is 31.1 Å². The number of nitrogens with two attached hydrogens (primary N) is 2. The van der Waals surface area contributed by atoms with Crippen molar-refractivity contribution in [1.29, 1.82) is 0 Å². The van der Waals surface area contributed by atoms with E-state index in [9.17, 15) is 34.3 Å². The number of ether oxygens (including phenoxy) is 7. The van der Waals surface area contributed by atoms with Crippen LogP contribution in [0.2, 0.25) is 0 Å². The molecule has 4 rings (SSSR count). The Morgan fingerprint density at radius 1 is 0.905 bits per heavy atom. The Morgan fingerprint density at radius 2 is 1.48 bits per heavy atom. The van der Waals surface area contributed by atoms with Gasteiger partial charge in [-0.3, -0.25) is 0 Å². The molecule has 354 valence electrons. The van der Waals surface area contributed by atoms with Gasteiger partial charge in [-0.15, -0.1) is 4.91 Å². The second-order valence-electron chi connectivity index (χ2n) is 19.4. The zero-order chi connectivity index (χ0) is 47.2. The Labute approximate surface area is 368 Å². The van der Waals surface area contributed by atoms with E-state index in [0.717, 1.165) is 4.90 Å². The largest absolute Gasteiger partial charge is 0.491 e. The van der Waals surface area contributed by atoms with Crippen LogP contribution in [0.25, 0.3) is 0 Å². The second-order valence-corrected chi connectivity index (χ2v) is 19.4. The van der Waals surface area contributed by atoms with E-state index >= 15 is 0 Å². The van der Waals surface area contributed by atoms with E-state index in [-0.39, 0.29) is 44.0 Å². The normalized spacial score (nSPS) is 30.0. The minimum atomic E-state index is -1.74. The molecular formula is C42H67N7O14. The molecule has 2 aliphatic heterocycles. The van der Waals surface area contributed by atoms with Crippen LogP contribution in [0.1, 0.15) is 87.6 Å². The second kappa shape index (κ2) is 20.4. The number of carbonyl (C=O) groups excluding carboxylic acids is 4. The van der Waals surface area contributed by atoms with Crippen molar-refractivity contribution in [2.45, 2.75) is 166 Å². The number of carbonyl (C=O) groups is 4. The molecule has 1 unspecified atom stereocenters. The van der Waals surface area contributed by atoms with E-state index in [0.29, 0.717) is 5.56 Å². The van der Waals surface area contributed by atoms with Gasteiger partial charge in [0.15, 0.2) is 6.29 Å². The van der Waals surface area contributed by atoms with Gasteiger partial charge in [0.2, 0.25) is 0 Å². The van der Waals surface area contributed by atoms with Gasteiger partial charge in [-0.2, -0.15) is 0 Å². The summed E-state index contributed by atoms with van der Waals surface area (Å²) in [5.74, 6) is -0.650. The number of nitrogens with zero attached hydrogens (tertiary/aromatic N) is 2. The lowest BCUT2D eigenvalue weighted by molar-refractivity contribution is -0.296. The van der Waals surface area contributed by atoms with Gasteiger partial charge in [0.05, 0.1) is 31.3 Å². The van der Waals surface area contributed by atoms with Crippen molar-refractivity contribution in [2.24, 2.45) is 22.6 Å². The Bertz CT molecular complexity index is 1790. The SMILES string of the molecule is CN(C(=O)OC(C)(C)C)[C@@H]1[C@@H](O)[C@@H](O[C@H]2[C@H](N)C[C@H](NC(=O)OC(C)(C)C)C([C@H]3OC(CNC(=O)OCc4ccc(N=O)cc4)=CC[C@H]3NC(=O)OC(C)(C)C)[C@@H]2N)OC[C@]1(C)O. The Hall–Kier alpha value is -4.80. The third-order valence-corrected chi connectivity index (χ3v) is 10.3. The number of amides is 4. The number of hydrogen-bond donors (Lipinski definition) is 7. The van der Waals surface area contributed by atoms with E-state index in [2.05, 4.69) is 21.1 Å². The topological polar surface area (TPSA) is 294 Å². The summed E-state index contributed by atoms with van der Waals surface area (Å²) in [4.78, 5) is 64.4. The molecule has 4 amide bonds. The van der Waals surface area contributed by atoms with Crippen LogP contribution >= 0.6 is 0 Å². The molecule has 0 aromatic heterocycles. The summed E-state index contributed by atoms with van der Waals surface area (Å²) in [7, 11) is 1.38. The molecule has 0 spiro atoms. The summed E-state index contributed by atoms with van der Waals surface area (Å²) in [5, 5.41) is 34.3. The molecule has 2 heterocycles. The molecule has 0 radical (unpaired) electrons. The number of benzene rings is 1. The van der Waals surface area contributed by atoms with E-state index in [1.54, 1.807) is 80.5 Å². The summed E-state index contributed by atoms with van der Waals surface area (Å²) in [6, 6.07) is 1.20. The van der Waals surface area contributed by atoms with Gasteiger partial charge < -0.3 is 75.7 Å². The van der Waals surface area contributed by atoms with Crippen molar-refractivity contribution in [2.75, 3.05) is 20.2 Å². The molecular weight excluding hydrogens is 826 g/mol. The average Bonchev–Trinajstić information content (AvgIpc) is 3.14. The fourth-order valence-electron chi connectivity index (χ4n) is 7.70. The third-order valence-electron chi connectivity index (χ3n) is 10.3. The van der Waals surface area contributed by atoms with Gasteiger partial charge >= 0.3 is 24.4 Å². The molecule has 9 N–H and O–H groups in total. The molecule has 0 bridgehead atoms. The van der Waals surface area contributed by atoms with Gasteiger partial charge in [-0.1, -0.05) is 12.1 Å². The average molecular weight is 894 g/mol. The first-order valence-electron chi connectivity index (χ1n) is 20.9. The number of likely N-dealkylation sites (N-methyl/N-ethyl adjacent to an activating group) is 1. The van der Waals surface area contributed by atoms with E-state index in [4.69, 9.17) is 44.6 Å². The summed E-state index contributed by atoms with van der Waals surface area (Å²) in [6.07, 6.45) is -6.52.